The molecule has 25 heavy (non-hydrogen) atoms. The Balaban J connectivity index is 1.63. The highest BCUT2D eigenvalue weighted by Gasteiger charge is 2.23. The van der Waals surface area contributed by atoms with E-state index in [1.165, 1.54) is 11.3 Å². The van der Waals surface area contributed by atoms with Gasteiger partial charge in [0.25, 0.3) is 0 Å². The summed E-state index contributed by atoms with van der Waals surface area (Å²) >= 11 is 6.13. The Hall–Kier alpha value is -2.40. The first-order chi connectivity index (χ1) is 12.1. The van der Waals surface area contributed by atoms with Crippen molar-refractivity contribution in [3.05, 3.63) is 53.1 Å². The van der Waals surface area contributed by atoms with Gasteiger partial charge in [0, 0.05) is 37.8 Å². The lowest BCUT2D eigenvalue weighted by molar-refractivity contribution is 0.251. The lowest BCUT2D eigenvalue weighted by Crippen LogP contribution is -2.36. The van der Waals surface area contributed by atoms with Gasteiger partial charge in [-0.05, 0) is 30.2 Å². The van der Waals surface area contributed by atoms with E-state index < -0.39 is 0 Å². The molecule has 6 heteroatoms. The van der Waals surface area contributed by atoms with Crippen molar-refractivity contribution in [1.82, 2.24) is 5.32 Å². The molecule has 5 nitrogen and oxygen atoms in total. The number of nitrogens with one attached hydrogen (secondary N) is 2. The number of nitrogens with zero attached hydrogens (tertiary/aromatic N) is 1. The number of halogens is 1. The molecular weight excluding hydrogens is 338 g/mol. The fourth-order valence-electron chi connectivity index (χ4n) is 3.13. The molecule has 0 spiro atoms. The SMILES string of the molecule is COc1ccc(Cl)c(NC(=O)NCC2CCN(C)c3ccccc32)c1. The number of hydrogen-bond donors (Lipinski definition) is 2. The van der Waals surface area contributed by atoms with Crippen molar-refractivity contribution in [3.63, 3.8) is 0 Å². The Morgan fingerprint density at radius 1 is 1.32 bits per heavy atom. The zero-order valence-corrected chi connectivity index (χ0v) is 15.1. The first-order valence-corrected chi connectivity index (χ1v) is 8.64. The largest absolute Gasteiger partial charge is 0.497 e. The second-order valence-electron chi connectivity index (χ2n) is 6.15. The molecule has 2 amide bonds. The average molecular weight is 360 g/mol. The Kier molecular flexibility index (Phi) is 5.34. The van der Waals surface area contributed by atoms with Gasteiger partial charge in [-0.1, -0.05) is 29.8 Å². The standard InChI is InChI=1S/C19H22ClN3O2/c1-23-10-9-13(15-5-3-4-6-18(15)23)12-21-19(24)22-17-11-14(25-2)7-8-16(17)20/h3-8,11,13H,9-10,12H2,1-2H3,(H2,21,22,24). The minimum atomic E-state index is -0.272. The lowest BCUT2D eigenvalue weighted by Gasteiger charge is -2.33. The first kappa shape index (κ1) is 17.4. The van der Waals surface area contributed by atoms with Crippen LogP contribution in [0.15, 0.2) is 42.5 Å². The molecule has 2 aromatic carbocycles. The quantitative estimate of drug-likeness (QED) is 0.864. The van der Waals surface area contributed by atoms with Crippen LogP contribution in [0.2, 0.25) is 5.02 Å². The maximum Gasteiger partial charge on any atom is 0.319 e. The van der Waals surface area contributed by atoms with Gasteiger partial charge in [-0.15, -0.1) is 0 Å². The van der Waals surface area contributed by atoms with Gasteiger partial charge in [0.1, 0.15) is 5.75 Å². The number of urea groups is 1. The Morgan fingerprint density at radius 3 is 2.92 bits per heavy atom. The van der Waals surface area contributed by atoms with Gasteiger partial charge < -0.3 is 20.3 Å². The molecule has 0 aliphatic carbocycles. The van der Waals surface area contributed by atoms with Gasteiger partial charge >= 0.3 is 6.03 Å². The zero-order chi connectivity index (χ0) is 17.8. The summed E-state index contributed by atoms with van der Waals surface area (Å²) in [5.74, 6) is 0.947. The van der Waals surface area contributed by atoms with Gasteiger partial charge in [0.2, 0.25) is 0 Å². The summed E-state index contributed by atoms with van der Waals surface area (Å²) in [6.45, 7) is 1.56. The van der Waals surface area contributed by atoms with Crippen LogP contribution in [0, 0.1) is 0 Å². The minimum Gasteiger partial charge on any atom is -0.497 e. The van der Waals surface area contributed by atoms with E-state index in [-0.39, 0.29) is 6.03 Å². The molecular formula is C19H22ClN3O2. The Bertz CT molecular complexity index is 766. The summed E-state index contributed by atoms with van der Waals surface area (Å²) in [5, 5.41) is 6.21. The van der Waals surface area contributed by atoms with E-state index in [1.54, 1.807) is 25.3 Å². The number of carbonyl (C=O) groups is 1. The van der Waals surface area contributed by atoms with Gasteiger partial charge in [0.05, 0.1) is 17.8 Å². The van der Waals surface area contributed by atoms with Crippen LogP contribution in [0.5, 0.6) is 5.75 Å². The van der Waals surface area contributed by atoms with E-state index in [0.29, 0.717) is 28.9 Å². The third-order valence-electron chi connectivity index (χ3n) is 4.53. The predicted molar refractivity (Wildman–Crippen MR) is 102 cm³/mol. The lowest BCUT2D eigenvalue weighted by atomic mass is 9.90. The van der Waals surface area contributed by atoms with Crippen molar-refractivity contribution in [3.8, 4) is 5.75 Å². The molecule has 2 N–H and O–H groups in total. The van der Waals surface area contributed by atoms with Gasteiger partial charge in [0.15, 0.2) is 0 Å². The average Bonchev–Trinajstić information content (AvgIpc) is 2.63. The summed E-state index contributed by atoms with van der Waals surface area (Å²) in [6.07, 6.45) is 1.01. The normalized spacial score (nSPS) is 16.1. The highest BCUT2D eigenvalue weighted by Crippen LogP contribution is 2.33. The number of fused-ring (bicyclic) bond motifs is 1. The molecule has 3 rings (SSSR count). The van der Waals surface area contributed by atoms with E-state index in [1.807, 2.05) is 12.1 Å². The minimum absolute atomic E-state index is 0.272. The fourth-order valence-corrected chi connectivity index (χ4v) is 3.29. The third kappa shape index (κ3) is 3.99. The molecule has 0 aromatic heterocycles. The molecule has 0 bridgehead atoms. The second kappa shape index (κ2) is 7.66. The number of benzene rings is 2. The van der Waals surface area contributed by atoms with Crippen molar-refractivity contribution in [2.45, 2.75) is 12.3 Å². The summed E-state index contributed by atoms with van der Waals surface area (Å²) in [5.41, 5.74) is 3.04. The molecule has 0 fully saturated rings. The second-order valence-corrected chi connectivity index (χ2v) is 6.55. The van der Waals surface area contributed by atoms with Crippen molar-refractivity contribution >= 4 is 29.0 Å². The smallest absolute Gasteiger partial charge is 0.319 e. The van der Waals surface area contributed by atoms with Crippen LogP contribution in [-0.2, 0) is 0 Å². The molecule has 0 saturated carbocycles. The predicted octanol–water partition coefficient (Wildman–Crippen LogP) is 4.09. The Labute approximate surface area is 152 Å². The maximum atomic E-state index is 12.3. The highest BCUT2D eigenvalue weighted by molar-refractivity contribution is 6.33. The number of para-hydroxylation sites is 1. The van der Waals surface area contributed by atoms with E-state index in [2.05, 4.69) is 34.7 Å². The molecule has 1 heterocycles. The zero-order valence-electron chi connectivity index (χ0n) is 14.4. The van der Waals surface area contributed by atoms with Gasteiger partial charge in [-0.3, -0.25) is 0 Å². The van der Waals surface area contributed by atoms with Crippen molar-refractivity contribution < 1.29 is 9.53 Å². The number of anilines is 2. The van der Waals surface area contributed by atoms with Crippen molar-refractivity contribution in [1.29, 1.82) is 0 Å². The number of amides is 2. The number of ether oxygens (including phenoxy) is 1. The summed E-state index contributed by atoms with van der Waals surface area (Å²) < 4.78 is 5.16. The van der Waals surface area contributed by atoms with Gasteiger partial charge in [-0.2, -0.15) is 0 Å². The van der Waals surface area contributed by atoms with Crippen LogP contribution in [0.3, 0.4) is 0 Å². The van der Waals surface area contributed by atoms with E-state index in [9.17, 15) is 4.79 Å². The number of hydrogen-bond acceptors (Lipinski definition) is 3. The molecule has 1 aliphatic heterocycles. The molecule has 1 aliphatic rings. The monoisotopic (exact) mass is 359 g/mol. The highest BCUT2D eigenvalue weighted by atomic mass is 35.5. The Morgan fingerprint density at radius 2 is 2.12 bits per heavy atom. The van der Waals surface area contributed by atoms with Crippen LogP contribution in [0.25, 0.3) is 0 Å². The van der Waals surface area contributed by atoms with E-state index in [0.717, 1.165) is 13.0 Å². The molecule has 2 aromatic rings. The molecule has 0 saturated heterocycles. The third-order valence-corrected chi connectivity index (χ3v) is 4.86. The first-order valence-electron chi connectivity index (χ1n) is 8.27. The molecule has 1 unspecified atom stereocenters. The van der Waals surface area contributed by atoms with Crippen LogP contribution in [0.1, 0.15) is 17.9 Å². The van der Waals surface area contributed by atoms with E-state index in [4.69, 9.17) is 16.3 Å². The maximum absolute atomic E-state index is 12.3. The van der Waals surface area contributed by atoms with Crippen molar-refractivity contribution in [2.24, 2.45) is 0 Å². The molecule has 132 valence electrons. The number of carbonyl (C=O) groups excluding carboxylic acids is 1. The summed E-state index contributed by atoms with van der Waals surface area (Å²) in [6, 6.07) is 13.2. The number of methoxy groups -OCH3 is 1. The van der Waals surface area contributed by atoms with Crippen LogP contribution >= 0.6 is 11.6 Å². The van der Waals surface area contributed by atoms with Crippen LogP contribution < -0.4 is 20.3 Å². The van der Waals surface area contributed by atoms with Crippen LogP contribution in [-0.4, -0.2) is 33.3 Å². The summed E-state index contributed by atoms with van der Waals surface area (Å²) in [7, 11) is 3.67. The molecule has 0 radical (unpaired) electrons. The topological polar surface area (TPSA) is 53.6 Å². The number of rotatable bonds is 4. The summed E-state index contributed by atoms with van der Waals surface area (Å²) in [4.78, 5) is 14.5. The van der Waals surface area contributed by atoms with Crippen LogP contribution in [0.4, 0.5) is 16.2 Å². The van der Waals surface area contributed by atoms with Gasteiger partial charge in [-0.25, -0.2) is 4.79 Å². The fraction of sp³-hybridized carbons (Fsp3) is 0.316. The molecule has 1 atom stereocenters. The van der Waals surface area contributed by atoms with Crippen molar-refractivity contribution in [2.75, 3.05) is 37.5 Å². The van der Waals surface area contributed by atoms with E-state index >= 15 is 0 Å².